The maximum absolute atomic E-state index is 12.5. The van der Waals surface area contributed by atoms with Gasteiger partial charge in [-0.2, -0.15) is 0 Å². The zero-order valence-electron chi connectivity index (χ0n) is 11.1. The summed E-state index contributed by atoms with van der Waals surface area (Å²) in [7, 11) is -3.62. The van der Waals surface area contributed by atoms with Gasteiger partial charge in [-0.25, -0.2) is 8.42 Å². The molecule has 0 unspecified atom stereocenters. The van der Waals surface area contributed by atoms with Crippen LogP contribution in [0, 0.1) is 0 Å². The van der Waals surface area contributed by atoms with Crippen molar-refractivity contribution in [3.63, 3.8) is 0 Å². The number of nitrogens with two attached hydrogens (primary N) is 1. The molecule has 0 aliphatic rings. The average molecular weight is 318 g/mol. The molecule has 0 aliphatic heterocycles. The molecule has 3 rings (SSSR count). The molecule has 6 heteroatoms. The van der Waals surface area contributed by atoms with Crippen molar-refractivity contribution in [1.82, 2.24) is 0 Å². The Bertz CT molecular complexity index is 880. The maximum atomic E-state index is 12.5. The minimum absolute atomic E-state index is 0.212. The highest BCUT2D eigenvalue weighted by Crippen LogP contribution is 2.28. The fourth-order valence-electron chi connectivity index (χ4n) is 2.23. The smallest absolute Gasteiger partial charge is 0.263 e. The predicted molar refractivity (Wildman–Crippen MR) is 87.0 cm³/mol. The number of thiophene rings is 1. The highest BCUT2D eigenvalue weighted by atomic mass is 32.2. The fourth-order valence-corrected chi connectivity index (χ4v) is 4.65. The van der Waals surface area contributed by atoms with Gasteiger partial charge in [0.25, 0.3) is 10.0 Å². The minimum Gasteiger partial charge on any atom is -0.326 e. The second-order valence-corrected chi connectivity index (χ2v) is 7.20. The van der Waals surface area contributed by atoms with Gasteiger partial charge in [0, 0.05) is 16.8 Å². The molecule has 0 bridgehead atoms. The van der Waals surface area contributed by atoms with Crippen LogP contribution in [-0.2, 0) is 16.6 Å². The molecule has 0 spiro atoms. The van der Waals surface area contributed by atoms with Crippen LogP contribution in [0.4, 0.5) is 5.69 Å². The largest absolute Gasteiger partial charge is 0.326 e. The molecular weight excluding hydrogens is 304 g/mol. The standard InChI is InChI=1S/C15H14N2O2S2/c16-10-14-15(8-9-20-14)21(18,19)17-13-7-3-5-11-4-1-2-6-12(11)13/h1-9,17H,10,16H2. The monoisotopic (exact) mass is 318 g/mol. The molecule has 108 valence electrons. The maximum Gasteiger partial charge on any atom is 0.263 e. The van der Waals surface area contributed by atoms with Gasteiger partial charge in [-0.3, -0.25) is 4.72 Å². The molecule has 0 aliphatic carbocycles. The quantitative estimate of drug-likeness (QED) is 0.776. The molecule has 3 aromatic rings. The first kappa shape index (κ1) is 14.1. The lowest BCUT2D eigenvalue weighted by Crippen LogP contribution is -2.14. The van der Waals surface area contributed by atoms with Gasteiger partial charge in [-0.15, -0.1) is 11.3 Å². The van der Waals surface area contributed by atoms with Crippen LogP contribution in [0.25, 0.3) is 10.8 Å². The molecule has 1 heterocycles. The van der Waals surface area contributed by atoms with Crippen molar-refractivity contribution in [3.05, 3.63) is 58.8 Å². The van der Waals surface area contributed by atoms with E-state index in [1.54, 1.807) is 17.5 Å². The van der Waals surface area contributed by atoms with Gasteiger partial charge in [-0.1, -0.05) is 36.4 Å². The number of hydrogen-bond acceptors (Lipinski definition) is 4. The van der Waals surface area contributed by atoms with Crippen molar-refractivity contribution in [3.8, 4) is 0 Å². The summed E-state index contributed by atoms with van der Waals surface area (Å²) in [4.78, 5) is 0.908. The molecule has 3 N–H and O–H groups in total. The van der Waals surface area contributed by atoms with Gasteiger partial charge in [0.05, 0.1) is 5.69 Å². The molecule has 4 nitrogen and oxygen atoms in total. The third kappa shape index (κ3) is 2.65. The van der Waals surface area contributed by atoms with Crippen LogP contribution in [0.5, 0.6) is 0 Å². The van der Waals surface area contributed by atoms with Crippen LogP contribution in [0.2, 0.25) is 0 Å². The normalized spacial score (nSPS) is 11.7. The van der Waals surface area contributed by atoms with Gasteiger partial charge in [-0.05, 0) is 22.9 Å². The number of hydrogen-bond donors (Lipinski definition) is 2. The second kappa shape index (κ2) is 5.48. The summed E-state index contributed by atoms with van der Waals surface area (Å²) in [5, 5.41) is 3.59. The van der Waals surface area contributed by atoms with Crippen LogP contribution in [-0.4, -0.2) is 8.42 Å². The summed E-state index contributed by atoms with van der Waals surface area (Å²) < 4.78 is 27.7. The van der Waals surface area contributed by atoms with E-state index in [2.05, 4.69) is 4.72 Å². The first-order valence-electron chi connectivity index (χ1n) is 6.39. The van der Waals surface area contributed by atoms with E-state index < -0.39 is 10.0 Å². The van der Waals surface area contributed by atoms with Gasteiger partial charge in [0.2, 0.25) is 0 Å². The van der Waals surface area contributed by atoms with E-state index in [0.717, 1.165) is 10.8 Å². The number of anilines is 1. The summed E-state index contributed by atoms with van der Waals surface area (Å²) in [5.74, 6) is 0. The van der Waals surface area contributed by atoms with Crippen LogP contribution in [0.15, 0.2) is 58.8 Å². The van der Waals surface area contributed by atoms with Crippen molar-refractivity contribution in [2.24, 2.45) is 5.73 Å². The lowest BCUT2D eigenvalue weighted by Gasteiger charge is -2.11. The Balaban J connectivity index is 2.06. The van der Waals surface area contributed by atoms with Crippen molar-refractivity contribution in [2.75, 3.05) is 4.72 Å². The molecule has 2 aromatic carbocycles. The third-order valence-electron chi connectivity index (χ3n) is 3.21. The van der Waals surface area contributed by atoms with Crippen LogP contribution in [0.1, 0.15) is 4.88 Å². The lowest BCUT2D eigenvalue weighted by molar-refractivity contribution is 0.600. The Morgan fingerprint density at radius 2 is 1.81 bits per heavy atom. The Labute approximate surface area is 127 Å². The molecule has 0 saturated carbocycles. The van der Waals surface area contributed by atoms with Crippen LogP contribution >= 0.6 is 11.3 Å². The number of sulfonamides is 1. The summed E-state index contributed by atoms with van der Waals surface area (Å²) in [6.45, 7) is 0.212. The molecule has 0 saturated heterocycles. The van der Waals surface area contributed by atoms with Crippen molar-refractivity contribution in [1.29, 1.82) is 0 Å². The Morgan fingerprint density at radius 3 is 2.62 bits per heavy atom. The van der Waals surface area contributed by atoms with E-state index in [-0.39, 0.29) is 11.4 Å². The molecule has 1 aromatic heterocycles. The van der Waals surface area contributed by atoms with Gasteiger partial charge < -0.3 is 5.73 Å². The molecule has 0 atom stereocenters. The van der Waals surface area contributed by atoms with E-state index in [0.29, 0.717) is 10.6 Å². The number of nitrogens with one attached hydrogen (secondary N) is 1. The molecule has 0 fully saturated rings. The molecule has 0 radical (unpaired) electrons. The SMILES string of the molecule is NCc1sccc1S(=O)(=O)Nc1cccc2ccccc12. The van der Waals surface area contributed by atoms with E-state index in [1.165, 1.54) is 11.3 Å². The highest BCUT2D eigenvalue weighted by Gasteiger charge is 2.19. The Kier molecular flexibility index (Phi) is 3.67. The number of rotatable bonds is 4. The molecular formula is C15H14N2O2S2. The zero-order valence-corrected chi connectivity index (χ0v) is 12.7. The molecule has 0 amide bonds. The van der Waals surface area contributed by atoms with E-state index >= 15 is 0 Å². The summed E-state index contributed by atoms with van der Waals surface area (Å²) in [6, 6.07) is 14.8. The molecule has 21 heavy (non-hydrogen) atoms. The average Bonchev–Trinajstić information content (AvgIpc) is 2.97. The topological polar surface area (TPSA) is 72.2 Å². The third-order valence-corrected chi connectivity index (χ3v) is 5.74. The minimum atomic E-state index is -3.62. The Morgan fingerprint density at radius 1 is 1.05 bits per heavy atom. The summed E-state index contributed by atoms with van der Waals surface area (Å²) in [5.41, 5.74) is 6.17. The van der Waals surface area contributed by atoms with Crippen molar-refractivity contribution < 1.29 is 8.42 Å². The van der Waals surface area contributed by atoms with E-state index in [9.17, 15) is 8.42 Å². The van der Waals surface area contributed by atoms with Gasteiger partial charge in [0.15, 0.2) is 0 Å². The summed E-state index contributed by atoms with van der Waals surface area (Å²) >= 11 is 1.35. The van der Waals surface area contributed by atoms with Crippen molar-refractivity contribution in [2.45, 2.75) is 11.4 Å². The van der Waals surface area contributed by atoms with Crippen LogP contribution < -0.4 is 10.5 Å². The highest BCUT2D eigenvalue weighted by molar-refractivity contribution is 7.93. The van der Waals surface area contributed by atoms with Crippen molar-refractivity contribution >= 4 is 37.8 Å². The van der Waals surface area contributed by atoms with Gasteiger partial charge >= 0.3 is 0 Å². The van der Waals surface area contributed by atoms with Gasteiger partial charge in [0.1, 0.15) is 4.90 Å². The zero-order chi connectivity index (χ0) is 14.9. The first-order valence-corrected chi connectivity index (χ1v) is 8.75. The number of benzene rings is 2. The summed E-state index contributed by atoms with van der Waals surface area (Å²) in [6.07, 6.45) is 0. The first-order chi connectivity index (χ1) is 10.1. The predicted octanol–water partition coefficient (Wildman–Crippen LogP) is 3.16. The van der Waals surface area contributed by atoms with E-state index in [1.807, 2.05) is 36.4 Å². The fraction of sp³-hybridized carbons (Fsp3) is 0.0667. The number of fused-ring (bicyclic) bond motifs is 1. The lowest BCUT2D eigenvalue weighted by atomic mass is 10.1. The Hall–Kier alpha value is -1.89. The van der Waals surface area contributed by atoms with E-state index in [4.69, 9.17) is 5.73 Å². The van der Waals surface area contributed by atoms with Crippen LogP contribution in [0.3, 0.4) is 0 Å². The second-order valence-electron chi connectivity index (χ2n) is 4.54.